The van der Waals surface area contributed by atoms with Crippen LogP contribution in [0.25, 0.3) is 5.57 Å². The van der Waals surface area contributed by atoms with Crippen LogP contribution >= 0.6 is 24.0 Å². The van der Waals surface area contributed by atoms with Crippen molar-refractivity contribution in [3.8, 4) is 0 Å². The number of piperidine rings is 1. The van der Waals surface area contributed by atoms with E-state index in [-0.39, 0.29) is 11.8 Å². The van der Waals surface area contributed by atoms with Crippen molar-refractivity contribution in [3.63, 3.8) is 0 Å². The number of thioether (sulfide) groups is 1. The highest BCUT2D eigenvalue weighted by molar-refractivity contribution is 8.27. The molecule has 0 unspecified atom stereocenters. The molecule has 5 nitrogen and oxygen atoms in total. The number of hydrogen-bond donors (Lipinski definition) is 0. The molecule has 2 saturated heterocycles. The summed E-state index contributed by atoms with van der Waals surface area (Å²) in [7, 11) is 0. The summed E-state index contributed by atoms with van der Waals surface area (Å²) in [5.41, 5.74) is 3.94. The maximum absolute atomic E-state index is 13.6. The fraction of sp³-hybridized carbons (Fsp3) is 0.292. The molecule has 0 spiro atoms. The van der Waals surface area contributed by atoms with E-state index in [9.17, 15) is 9.59 Å². The average molecular weight is 450 g/mol. The lowest BCUT2D eigenvalue weighted by Crippen LogP contribution is -2.42. The van der Waals surface area contributed by atoms with Crippen LogP contribution in [0.3, 0.4) is 0 Å². The van der Waals surface area contributed by atoms with Crippen LogP contribution in [0.1, 0.15) is 30.4 Å². The van der Waals surface area contributed by atoms with Gasteiger partial charge in [-0.25, -0.2) is 0 Å². The van der Waals surface area contributed by atoms with Gasteiger partial charge in [0.25, 0.3) is 11.8 Å². The van der Waals surface area contributed by atoms with Crippen LogP contribution in [-0.4, -0.2) is 40.8 Å². The number of para-hydroxylation sites is 1. The van der Waals surface area contributed by atoms with E-state index in [0.29, 0.717) is 21.5 Å². The summed E-state index contributed by atoms with van der Waals surface area (Å²) in [4.78, 5) is 33.1. The van der Waals surface area contributed by atoms with Gasteiger partial charge in [-0.15, -0.1) is 0 Å². The molecule has 3 aliphatic rings. The minimum atomic E-state index is -0.224. The Morgan fingerprint density at radius 3 is 2.52 bits per heavy atom. The first-order chi connectivity index (χ1) is 15.0. The van der Waals surface area contributed by atoms with Crippen molar-refractivity contribution < 1.29 is 9.59 Å². The second-order valence-corrected chi connectivity index (χ2v) is 9.77. The average Bonchev–Trinajstić information content (AvgIpc) is 3.21. The first-order valence-electron chi connectivity index (χ1n) is 10.6. The largest absolute Gasteiger partial charge is 0.294 e. The van der Waals surface area contributed by atoms with Gasteiger partial charge in [0, 0.05) is 5.56 Å². The zero-order valence-electron chi connectivity index (χ0n) is 17.3. The highest BCUT2D eigenvalue weighted by Gasteiger charge is 2.42. The molecule has 0 radical (unpaired) electrons. The smallest absolute Gasteiger partial charge is 0.271 e. The number of fused-ring (bicyclic) bond motifs is 1. The number of benzene rings is 2. The Morgan fingerprint density at radius 1 is 0.968 bits per heavy atom. The molecule has 7 heteroatoms. The standard InChI is InChI=1S/C24H23N3O2S2/c1-16-8-7-9-17(14-16)27-23(29)21(31-24(27)30)20-18-10-3-4-11-19(18)26(22(20)28)15-25-12-5-2-6-13-25/h3-4,7-11,14H,2,5-6,12-13,15H2,1H3/b21-20-. The molecule has 0 atom stereocenters. The quantitative estimate of drug-likeness (QED) is 0.508. The first-order valence-corrected chi connectivity index (χ1v) is 11.8. The molecule has 2 amide bonds. The van der Waals surface area contributed by atoms with E-state index in [1.807, 2.05) is 60.4 Å². The van der Waals surface area contributed by atoms with Gasteiger partial charge in [0.2, 0.25) is 0 Å². The number of nitrogens with zero attached hydrogens (tertiary/aromatic N) is 3. The molecule has 0 bridgehead atoms. The Balaban J connectivity index is 1.54. The number of carbonyl (C=O) groups excluding carboxylic acids is 2. The number of thiocarbonyl (C=S) groups is 1. The molecule has 3 heterocycles. The topological polar surface area (TPSA) is 43.9 Å². The van der Waals surface area contributed by atoms with Crippen LogP contribution in [0.5, 0.6) is 0 Å². The molecule has 0 aromatic heterocycles. The minimum absolute atomic E-state index is 0.114. The van der Waals surface area contributed by atoms with E-state index < -0.39 is 0 Å². The normalized spacial score (nSPS) is 21.9. The fourth-order valence-corrected chi connectivity index (χ4v) is 5.82. The predicted octanol–water partition coefficient (Wildman–Crippen LogP) is 4.56. The van der Waals surface area contributed by atoms with Crippen LogP contribution < -0.4 is 9.80 Å². The second-order valence-electron chi connectivity index (χ2n) is 8.12. The third-order valence-corrected chi connectivity index (χ3v) is 7.34. The van der Waals surface area contributed by atoms with Crippen molar-refractivity contribution in [3.05, 3.63) is 64.6 Å². The van der Waals surface area contributed by atoms with E-state index in [0.717, 1.165) is 48.4 Å². The maximum Gasteiger partial charge on any atom is 0.271 e. The van der Waals surface area contributed by atoms with Gasteiger partial charge in [-0.1, -0.05) is 60.7 Å². The number of likely N-dealkylation sites (tertiary alicyclic amines) is 1. The van der Waals surface area contributed by atoms with Gasteiger partial charge in [0.15, 0.2) is 4.32 Å². The van der Waals surface area contributed by atoms with Gasteiger partial charge in [-0.3, -0.25) is 24.3 Å². The third-order valence-electron chi connectivity index (χ3n) is 5.97. The lowest BCUT2D eigenvalue weighted by molar-refractivity contribution is -0.115. The first kappa shape index (κ1) is 20.4. The van der Waals surface area contributed by atoms with Crippen molar-refractivity contribution in [2.75, 3.05) is 29.6 Å². The zero-order valence-corrected chi connectivity index (χ0v) is 19.0. The Morgan fingerprint density at radius 2 is 1.74 bits per heavy atom. The molecular formula is C24H23N3O2S2. The molecule has 2 fully saturated rings. The Kier molecular flexibility index (Phi) is 5.42. The number of carbonyl (C=O) groups is 2. The summed E-state index contributed by atoms with van der Waals surface area (Å²) in [5, 5.41) is 0. The van der Waals surface area contributed by atoms with E-state index in [1.165, 1.54) is 18.2 Å². The third kappa shape index (κ3) is 3.60. The zero-order chi connectivity index (χ0) is 21.5. The molecule has 3 aliphatic heterocycles. The molecule has 2 aromatic rings. The molecule has 0 N–H and O–H groups in total. The van der Waals surface area contributed by atoms with Gasteiger partial charge in [0.1, 0.15) is 0 Å². The Hall–Kier alpha value is -2.48. The van der Waals surface area contributed by atoms with E-state index in [1.54, 1.807) is 4.90 Å². The Bertz CT molecular complexity index is 1120. The van der Waals surface area contributed by atoms with Crippen LogP contribution in [0.4, 0.5) is 11.4 Å². The molecular weight excluding hydrogens is 426 g/mol. The molecule has 2 aromatic carbocycles. The van der Waals surface area contributed by atoms with Crippen LogP contribution in [-0.2, 0) is 9.59 Å². The second kappa shape index (κ2) is 8.22. The van der Waals surface area contributed by atoms with Crippen molar-refractivity contribution >= 4 is 57.1 Å². The number of rotatable bonds is 3. The summed E-state index contributed by atoms with van der Waals surface area (Å²) >= 11 is 6.78. The number of anilines is 2. The summed E-state index contributed by atoms with van der Waals surface area (Å²) in [6, 6.07) is 15.4. The van der Waals surface area contributed by atoms with Crippen molar-refractivity contribution in [2.45, 2.75) is 26.2 Å². The number of amides is 2. The lowest BCUT2D eigenvalue weighted by Gasteiger charge is -2.30. The molecule has 0 aliphatic carbocycles. The van der Waals surface area contributed by atoms with Crippen LogP contribution in [0.15, 0.2) is 53.4 Å². The van der Waals surface area contributed by atoms with Gasteiger partial charge in [0.05, 0.1) is 28.5 Å². The van der Waals surface area contributed by atoms with Crippen LogP contribution in [0.2, 0.25) is 0 Å². The Labute approximate surface area is 191 Å². The summed E-state index contributed by atoms with van der Waals surface area (Å²) in [6.45, 7) is 4.53. The van der Waals surface area contributed by atoms with E-state index in [4.69, 9.17) is 12.2 Å². The van der Waals surface area contributed by atoms with Crippen LogP contribution in [0, 0.1) is 6.92 Å². The van der Waals surface area contributed by atoms with E-state index in [2.05, 4.69) is 4.90 Å². The SMILES string of the molecule is Cc1cccc(N2C(=O)/C(=C3/C(=O)N(CN4CCCCC4)c4ccccc43)SC2=S)c1. The highest BCUT2D eigenvalue weighted by atomic mass is 32.2. The maximum atomic E-state index is 13.6. The monoisotopic (exact) mass is 449 g/mol. The lowest BCUT2D eigenvalue weighted by atomic mass is 10.1. The van der Waals surface area contributed by atoms with Gasteiger partial charge in [-0.2, -0.15) is 0 Å². The van der Waals surface area contributed by atoms with Gasteiger partial charge >= 0.3 is 0 Å². The number of hydrogen-bond acceptors (Lipinski definition) is 5. The summed E-state index contributed by atoms with van der Waals surface area (Å²) in [6.07, 6.45) is 3.56. The molecule has 0 saturated carbocycles. The van der Waals surface area contributed by atoms with Gasteiger partial charge in [-0.05, 0) is 56.6 Å². The number of aryl methyl sites for hydroxylation is 1. The molecule has 31 heavy (non-hydrogen) atoms. The minimum Gasteiger partial charge on any atom is -0.294 e. The fourth-order valence-electron chi connectivity index (χ4n) is 4.45. The predicted molar refractivity (Wildman–Crippen MR) is 130 cm³/mol. The van der Waals surface area contributed by atoms with Gasteiger partial charge < -0.3 is 0 Å². The van der Waals surface area contributed by atoms with Crippen molar-refractivity contribution in [1.29, 1.82) is 0 Å². The van der Waals surface area contributed by atoms with E-state index >= 15 is 0 Å². The summed E-state index contributed by atoms with van der Waals surface area (Å²) in [5.74, 6) is -0.338. The molecule has 5 rings (SSSR count). The van der Waals surface area contributed by atoms with Crippen molar-refractivity contribution in [1.82, 2.24) is 4.90 Å². The van der Waals surface area contributed by atoms with Crippen molar-refractivity contribution in [2.24, 2.45) is 0 Å². The summed E-state index contributed by atoms with van der Waals surface area (Å²) < 4.78 is 0.456. The highest BCUT2D eigenvalue weighted by Crippen LogP contribution is 2.45. The molecule has 158 valence electrons.